The van der Waals surface area contributed by atoms with Crippen molar-refractivity contribution in [3.8, 4) is 5.69 Å². The number of carbonyl (C=O) groups is 1. The summed E-state index contributed by atoms with van der Waals surface area (Å²) in [4.78, 5) is 14.7. The summed E-state index contributed by atoms with van der Waals surface area (Å²) in [6, 6.07) is 11.0. The minimum atomic E-state index is -0.309. The Bertz CT molecular complexity index is 1020. The van der Waals surface area contributed by atoms with E-state index in [-0.39, 0.29) is 22.8 Å². The van der Waals surface area contributed by atoms with Gasteiger partial charge < -0.3 is 4.90 Å². The maximum absolute atomic E-state index is 13.2. The van der Waals surface area contributed by atoms with Gasteiger partial charge in [0.15, 0.2) is 0 Å². The summed E-state index contributed by atoms with van der Waals surface area (Å²) in [6.07, 6.45) is 0.573. The van der Waals surface area contributed by atoms with Gasteiger partial charge in [0.1, 0.15) is 11.5 Å². The Morgan fingerprint density at radius 1 is 1.19 bits per heavy atom. The van der Waals surface area contributed by atoms with Gasteiger partial charge in [0.05, 0.1) is 33.5 Å². The van der Waals surface area contributed by atoms with Gasteiger partial charge in [-0.1, -0.05) is 34.5 Å². The summed E-state index contributed by atoms with van der Waals surface area (Å²) in [6.45, 7) is 2.28. The second-order valence-corrected chi connectivity index (χ2v) is 7.24. The standard InChI is InChI=1S/C19H15Cl2FN4O/c1-11-9-17-16(23-24-26(17)13-7-5-12(22)6-8-13)10-25(11)19(27)14-3-2-4-15(20)18(14)21/h2-8,11H,9-10H2,1H3/t11-/m0/s1. The van der Waals surface area contributed by atoms with Crippen molar-refractivity contribution in [2.75, 3.05) is 0 Å². The zero-order valence-electron chi connectivity index (χ0n) is 14.4. The number of nitrogens with zero attached hydrogens (tertiary/aromatic N) is 4. The van der Waals surface area contributed by atoms with Crippen LogP contribution in [0, 0.1) is 5.82 Å². The highest BCUT2D eigenvalue weighted by Crippen LogP contribution is 2.30. The van der Waals surface area contributed by atoms with Crippen molar-refractivity contribution in [2.24, 2.45) is 0 Å². The molecule has 0 spiro atoms. The van der Waals surface area contributed by atoms with Crippen LogP contribution in [0.5, 0.6) is 0 Å². The number of amides is 1. The van der Waals surface area contributed by atoms with Gasteiger partial charge in [0, 0.05) is 12.5 Å². The molecule has 2 aromatic carbocycles. The van der Waals surface area contributed by atoms with E-state index in [0.717, 1.165) is 11.4 Å². The van der Waals surface area contributed by atoms with Crippen molar-refractivity contribution in [3.05, 3.63) is 75.3 Å². The number of hydrogen-bond donors (Lipinski definition) is 0. The van der Waals surface area contributed by atoms with Crippen molar-refractivity contribution in [3.63, 3.8) is 0 Å². The molecule has 0 fully saturated rings. The largest absolute Gasteiger partial charge is 0.329 e. The average Bonchev–Trinajstić information content (AvgIpc) is 3.06. The fourth-order valence-electron chi connectivity index (χ4n) is 3.25. The fraction of sp³-hybridized carbons (Fsp3) is 0.211. The van der Waals surface area contributed by atoms with Gasteiger partial charge in [-0.3, -0.25) is 4.79 Å². The van der Waals surface area contributed by atoms with Gasteiger partial charge in [-0.2, -0.15) is 0 Å². The van der Waals surface area contributed by atoms with E-state index < -0.39 is 0 Å². The SMILES string of the molecule is C[C@H]1Cc2c(nnn2-c2ccc(F)cc2)CN1C(=O)c1cccc(Cl)c1Cl. The van der Waals surface area contributed by atoms with Gasteiger partial charge in [0.25, 0.3) is 5.91 Å². The molecule has 1 aliphatic heterocycles. The summed E-state index contributed by atoms with van der Waals surface area (Å²) >= 11 is 12.3. The minimum absolute atomic E-state index is 0.0854. The molecule has 5 nitrogen and oxygen atoms in total. The molecule has 2 heterocycles. The molecule has 0 bridgehead atoms. The van der Waals surface area contributed by atoms with E-state index >= 15 is 0 Å². The zero-order chi connectivity index (χ0) is 19.1. The van der Waals surface area contributed by atoms with Crippen LogP contribution in [0.1, 0.15) is 28.7 Å². The molecule has 1 amide bonds. The predicted octanol–water partition coefficient (Wildman–Crippen LogP) is 4.30. The van der Waals surface area contributed by atoms with Gasteiger partial charge >= 0.3 is 0 Å². The first-order chi connectivity index (χ1) is 13.0. The molecular formula is C19H15Cl2FN4O. The quantitative estimate of drug-likeness (QED) is 0.639. The third kappa shape index (κ3) is 3.19. The van der Waals surface area contributed by atoms with Crippen molar-refractivity contribution in [1.29, 1.82) is 0 Å². The van der Waals surface area contributed by atoms with E-state index in [1.54, 1.807) is 39.9 Å². The van der Waals surface area contributed by atoms with Gasteiger partial charge in [-0.05, 0) is 43.3 Å². The first kappa shape index (κ1) is 17.9. The molecule has 0 radical (unpaired) electrons. The normalized spacial score (nSPS) is 16.3. The summed E-state index contributed by atoms with van der Waals surface area (Å²) < 4.78 is 14.9. The Labute approximate surface area is 165 Å². The van der Waals surface area contributed by atoms with Crippen molar-refractivity contribution < 1.29 is 9.18 Å². The third-order valence-electron chi connectivity index (χ3n) is 4.70. The molecule has 0 unspecified atom stereocenters. The number of aromatic nitrogens is 3. The maximum Gasteiger partial charge on any atom is 0.256 e. The van der Waals surface area contributed by atoms with Crippen molar-refractivity contribution in [2.45, 2.75) is 25.9 Å². The number of halogens is 3. The number of fused-ring (bicyclic) bond motifs is 1. The Hall–Kier alpha value is -2.44. The highest BCUT2D eigenvalue weighted by molar-refractivity contribution is 6.43. The molecule has 1 aromatic heterocycles. The number of benzene rings is 2. The van der Waals surface area contributed by atoms with Gasteiger partial charge in [-0.25, -0.2) is 9.07 Å². The summed E-state index contributed by atoms with van der Waals surface area (Å²) in [5, 5.41) is 9.00. The molecule has 27 heavy (non-hydrogen) atoms. The molecule has 4 rings (SSSR count). The smallest absolute Gasteiger partial charge is 0.256 e. The third-order valence-corrected chi connectivity index (χ3v) is 5.52. The van der Waals surface area contributed by atoms with Crippen LogP contribution >= 0.6 is 23.2 Å². The van der Waals surface area contributed by atoms with Crippen molar-refractivity contribution >= 4 is 29.1 Å². The van der Waals surface area contributed by atoms with Crippen LogP contribution in [0.2, 0.25) is 10.0 Å². The Morgan fingerprint density at radius 2 is 1.93 bits per heavy atom. The van der Waals surface area contributed by atoms with Crippen LogP contribution in [0.3, 0.4) is 0 Å². The summed E-state index contributed by atoms with van der Waals surface area (Å²) in [5.41, 5.74) is 2.72. The Kier molecular flexibility index (Phi) is 4.61. The molecule has 1 atom stereocenters. The lowest BCUT2D eigenvalue weighted by atomic mass is 10.0. The maximum atomic E-state index is 13.2. The molecular weight excluding hydrogens is 390 g/mol. The van der Waals surface area contributed by atoms with Crippen LogP contribution in [0.4, 0.5) is 4.39 Å². The molecule has 138 valence electrons. The minimum Gasteiger partial charge on any atom is -0.329 e. The zero-order valence-corrected chi connectivity index (χ0v) is 15.9. The first-order valence-corrected chi connectivity index (χ1v) is 9.15. The molecule has 1 aliphatic rings. The van der Waals surface area contributed by atoms with Crippen LogP contribution in [0.25, 0.3) is 5.69 Å². The highest BCUT2D eigenvalue weighted by Gasteiger charge is 2.32. The monoisotopic (exact) mass is 404 g/mol. The Balaban J connectivity index is 1.65. The Morgan fingerprint density at radius 3 is 2.67 bits per heavy atom. The summed E-state index contributed by atoms with van der Waals surface area (Å²) in [5.74, 6) is -0.506. The second kappa shape index (κ2) is 6.94. The fourth-order valence-corrected chi connectivity index (χ4v) is 3.63. The van der Waals surface area contributed by atoms with E-state index in [1.165, 1.54) is 12.1 Å². The summed E-state index contributed by atoms with van der Waals surface area (Å²) in [7, 11) is 0. The van der Waals surface area contributed by atoms with Crippen LogP contribution in [-0.4, -0.2) is 31.8 Å². The topological polar surface area (TPSA) is 51.0 Å². The molecule has 3 aromatic rings. The van der Waals surface area contributed by atoms with E-state index in [0.29, 0.717) is 29.2 Å². The van der Waals surface area contributed by atoms with Gasteiger partial charge in [0.2, 0.25) is 0 Å². The average molecular weight is 405 g/mol. The van der Waals surface area contributed by atoms with E-state index in [9.17, 15) is 9.18 Å². The number of rotatable bonds is 2. The predicted molar refractivity (Wildman–Crippen MR) is 101 cm³/mol. The molecule has 8 heteroatoms. The first-order valence-electron chi connectivity index (χ1n) is 8.40. The van der Waals surface area contributed by atoms with Crippen molar-refractivity contribution in [1.82, 2.24) is 19.9 Å². The van der Waals surface area contributed by atoms with E-state index in [2.05, 4.69) is 10.3 Å². The lowest BCUT2D eigenvalue weighted by Gasteiger charge is -2.33. The lowest BCUT2D eigenvalue weighted by Crippen LogP contribution is -2.43. The molecule has 0 saturated heterocycles. The van der Waals surface area contributed by atoms with Crippen LogP contribution in [0.15, 0.2) is 42.5 Å². The molecule has 0 saturated carbocycles. The molecule has 0 aliphatic carbocycles. The van der Waals surface area contributed by atoms with Gasteiger partial charge in [-0.15, -0.1) is 5.10 Å². The molecule has 0 N–H and O–H groups in total. The highest BCUT2D eigenvalue weighted by atomic mass is 35.5. The van der Waals surface area contributed by atoms with Crippen LogP contribution in [-0.2, 0) is 13.0 Å². The lowest BCUT2D eigenvalue weighted by molar-refractivity contribution is 0.0653. The van der Waals surface area contributed by atoms with Crippen LogP contribution < -0.4 is 0 Å². The van der Waals surface area contributed by atoms with E-state index in [1.807, 2.05) is 6.92 Å². The number of hydrogen-bond acceptors (Lipinski definition) is 3. The second-order valence-electron chi connectivity index (χ2n) is 6.46. The van der Waals surface area contributed by atoms with E-state index in [4.69, 9.17) is 23.2 Å². The number of carbonyl (C=O) groups excluding carboxylic acids is 1.